The highest BCUT2D eigenvalue weighted by Gasteiger charge is 2.10. The van der Waals surface area contributed by atoms with Gasteiger partial charge in [-0.25, -0.2) is 9.78 Å². The number of thiophene rings is 1. The second-order valence-electron chi connectivity index (χ2n) is 4.06. The molecule has 2 aromatic heterocycles. The van der Waals surface area contributed by atoms with Gasteiger partial charge in [-0.3, -0.25) is 0 Å². The van der Waals surface area contributed by atoms with Crippen LogP contribution in [0, 0.1) is 0 Å². The normalized spacial score (nSPS) is 10.7. The second-order valence-corrected chi connectivity index (χ2v) is 6.46. The van der Waals surface area contributed by atoms with Gasteiger partial charge in [-0.15, -0.1) is 22.7 Å². The molecule has 0 radical (unpaired) electrons. The van der Waals surface area contributed by atoms with Crippen molar-refractivity contribution in [3.8, 4) is 21.8 Å². The summed E-state index contributed by atoms with van der Waals surface area (Å²) in [4.78, 5) is 15.5. The van der Waals surface area contributed by atoms with Crippen LogP contribution in [0.5, 0.6) is 0 Å². The van der Waals surface area contributed by atoms with Crippen LogP contribution in [0.3, 0.4) is 0 Å². The topological polar surface area (TPSA) is 50.2 Å². The van der Waals surface area contributed by atoms with E-state index < -0.39 is 5.97 Å². The first-order chi connectivity index (χ1) is 9.63. The smallest absolute Gasteiger partial charge is 0.335 e. The molecule has 2 heterocycles. The Balaban J connectivity index is 1.98. The molecule has 0 aliphatic rings. The van der Waals surface area contributed by atoms with Crippen LogP contribution >= 0.6 is 34.3 Å². The fraction of sp³-hybridized carbons (Fsp3) is 0. The largest absolute Gasteiger partial charge is 0.478 e. The van der Waals surface area contributed by atoms with Gasteiger partial charge in [0, 0.05) is 21.9 Å². The molecule has 3 rings (SSSR count). The number of halogens is 1. The number of carboxylic acids is 1. The van der Waals surface area contributed by atoms with E-state index >= 15 is 0 Å². The van der Waals surface area contributed by atoms with E-state index in [1.54, 1.807) is 18.2 Å². The molecule has 20 heavy (non-hydrogen) atoms. The van der Waals surface area contributed by atoms with Gasteiger partial charge in [-0.2, -0.15) is 0 Å². The van der Waals surface area contributed by atoms with Gasteiger partial charge < -0.3 is 5.11 Å². The minimum atomic E-state index is -0.937. The Morgan fingerprint density at radius 2 is 2.00 bits per heavy atom. The Kier molecular flexibility index (Phi) is 3.56. The van der Waals surface area contributed by atoms with Gasteiger partial charge in [0.2, 0.25) is 0 Å². The highest BCUT2D eigenvalue weighted by Crippen LogP contribution is 2.32. The van der Waals surface area contributed by atoms with Crippen LogP contribution in [-0.4, -0.2) is 16.1 Å². The number of nitrogens with zero attached hydrogens (tertiary/aromatic N) is 1. The van der Waals surface area contributed by atoms with Crippen LogP contribution < -0.4 is 0 Å². The molecule has 0 saturated heterocycles. The second kappa shape index (κ2) is 5.36. The van der Waals surface area contributed by atoms with Crippen molar-refractivity contribution in [3.05, 3.63) is 51.0 Å². The predicted molar refractivity (Wildman–Crippen MR) is 82.8 cm³/mol. The number of benzene rings is 1. The number of aromatic nitrogens is 1. The lowest BCUT2D eigenvalue weighted by molar-refractivity contribution is 0.0697. The molecule has 0 fully saturated rings. The summed E-state index contributed by atoms with van der Waals surface area (Å²) >= 11 is 8.87. The third-order valence-corrected chi connectivity index (χ3v) is 4.71. The molecule has 0 bridgehead atoms. The molecule has 0 atom stereocenters. The fourth-order valence-corrected chi connectivity index (χ4v) is 3.47. The number of carboxylic acid groups (broad SMARTS) is 1. The van der Waals surface area contributed by atoms with E-state index in [1.165, 1.54) is 22.7 Å². The molecule has 1 N–H and O–H groups in total. The minimum Gasteiger partial charge on any atom is -0.478 e. The average Bonchev–Trinajstić information content (AvgIpc) is 3.07. The van der Waals surface area contributed by atoms with E-state index in [4.69, 9.17) is 16.7 Å². The predicted octanol–water partition coefficient (Wildman–Crippen LogP) is 4.89. The van der Waals surface area contributed by atoms with Crippen LogP contribution in [0.15, 0.2) is 41.1 Å². The van der Waals surface area contributed by atoms with Gasteiger partial charge in [0.1, 0.15) is 5.01 Å². The minimum absolute atomic E-state index is 0.262. The average molecular weight is 322 g/mol. The lowest BCUT2D eigenvalue weighted by atomic mass is 10.1. The maximum Gasteiger partial charge on any atom is 0.335 e. The molecule has 100 valence electrons. The molecule has 1 aromatic carbocycles. The summed E-state index contributed by atoms with van der Waals surface area (Å²) < 4.78 is 0.724. The first kappa shape index (κ1) is 13.3. The van der Waals surface area contributed by atoms with Crippen molar-refractivity contribution < 1.29 is 9.90 Å². The van der Waals surface area contributed by atoms with Crippen molar-refractivity contribution in [1.82, 2.24) is 4.98 Å². The van der Waals surface area contributed by atoms with E-state index in [0.717, 1.165) is 26.2 Å². The quantitative estimate of drug-likeness (QED) is 0.747. The molecular weight excluding hydrogens is 314 g/mol. The highest BCUT2D eigenvalue weighted by atomic mass is 35.5. The van der Waals surface area contributed by atoms with Crippen LogP contribution in [-0.2, 0) is 0 Å². The van der Waals surface area contributed by atoms with Crippen molar-refractivity contribution in [3.63, 3.8) is 0 Å². The molecule has 0 aliphatic heterocycles. The van der Waals surface area contributed by atoms with Crippen molar-refractivity contribution in [2.45, 2.75) is 0 Å². The Hall–Kier alpha value is -1.69. The number of carbonyl (C=O) groups is 1. The van der Waals surface area contributed by atoms with E-state index in [-0.39, 0.29) is 5.56 Å². The van der Waals surface area contributed by atoms with Gasteiger partial charge in [0.05, 0.1) is 15.6 Å². The summed E-state index contributed by atoms with van der Waals surface area (Å²) in [5.41, 5.74) is 2.91. The third-order valence-electron chi connectivity index (χ3n) is 2.72. The van der Waals surface area contributed by atoms with Crippen molar-refractivity contribution in [2.24, 2.45) is 0 Å². The van der Waals surface area contributed by atoms with E-state index in [2.05, 4.69) is 4.98 Å². The van der Waals surface area contributed by atoms with Crippen molar-refractivity contribution >= 4 is 40.2 Å². The molecule has 0 unspecified atom stereocenters. The van der Waals surface area contributed by atoms with Gasteiger partial charge in [0.15, 0.2) is 0 Å². The zero-order valence-electron chi connectivity index (χ0n) is 10.0. The molecule has 3 nitrogen and oxygen atoms in total. The highest BCUT2D eigenvalue weighted by molar-refractivity contribution is 7.15. The van der Waals surface area contributed by atoms with Gasteiger partial charge in [0.25, 0.3) is 0 Å². The maximum absolute atomic E-state index is 11.0. The summed E-state index contributed by atoms with van der Waals surface area (Å²) in [7, 11) is 0. The first-order valence-electron chi connectivity index (χ1n) is 5.67. The van der Waals surface area contributed by atoms with E-state index in [1.807, 2.05) is 22.9 Å². The number of rotatable bonds is 3. The zero-order valence-corrected chi connectivity index (χ0v) is 12.4. The van der Waals surface area contributed by atoms with Crippen molar-refractivity contribution in [1.29, 1.82) is 0 Å². The number of hydrogen-bond acceptors (Lipinski definition) is 4. The molecule has 0 spiro atoms. The molecule has 3 aromatic rings. The zero-order chi connectivity index (χ0) is 14.1. The molecular formula is C14H8ClNO2S2. The summed E-state index contributed by atoms with van der Waals surface area (Å²) in [6, 6.07) is 8.65. The van der Waals surface area contributed by atoms with Gasteiger partial charge >= 0.3 is 5.97 Å². The Morgan fingerprint density at radius 3 is 2.70 bits per heavy atom. The molecule has 0 aliphatic carbocycles. The summed E-state index contributed by atoms with van der Waals surface area (Å²) in [6.45, 7) is 0. The Bertz CT molecular complexity index is 779. The molecule has 0 saturated carbocycles. The lowest BCUT2D eigenvalue weighted by Crippen LogP contribution is -1.95. The standard InChI is InChI=1S/C14H8ClNO2S2/c15-12-5-10(6-19-12)11-7-20-13(16-11)8-2-1-3-9(4-8)14(17)18/h1-7H,(H,17,18). The monoisotopic (exact) mass is 321 g/mol. The molecule has 0 amide bonds. The third kappa shape index (κ3) is 2.60. The molecule has 6 heteroatoms. The fourth-order valence-electron chi connectivity index (χ4n) is 1.77. The number of thiazole rings is 1. The van der Waals surface area contributed by atoms with E-state index in [0.29, 0.717) is 0 Å². The SMILES string of the molecule is O=C(O)c1cccc(-c2nc(-c3csc(Cl)c3)cs2)c1. The van der Waals surface area contributed by atoms with Crippen LogP contribution in [0.1, 0.15) is 10.4 Å². The van der Waals surface area contributed by atoms with Crippen LogP contribution in [0.25, 0.3) is 21.8 Å². The van der Waals surface area contributed by atoms with E-state index in [9.17, 15) is 4.79 Å². The van der Waals surface area contributed by atoms with Crippen LogP contribution in [0.2, 0.25) is 4.34 Å². The first-order valence-corrected chi connectivity index (χ1v) is 7.81. The summed E-state index contributed by atoms with van der Waals surface area (Å²) in [5.74, 6) is -0.937. The Morgan fingerprint density at radius 1 is 1.15 bits per heavy atom. The maximum atomic E-state index is 11.0. The lowest BCUT2D eigenvalue weighted by Gasteiger charge is -1.98. The number of aromatic carboxylic acids is 1. The number of hydrogen-bond donors (Lipinski definition) is 1. The summed E-state index contributed by atoms with van der Waals surface area (Å²) in [6.07, 6.45) is 0. The van der Waals surface area contributed by atoms with Crippen LogP contribution in [0.4, 0.5) is 0 Å². The van der Waals surface area contributed by atoms with Gasteiger partial charge in [-0.05, 0) is 18.2 Å². The summed E-state index contributed by atoms with van der Waals surface area (Å²) in [5, 5.41) is 13.7. The van der Waals surface area contributed by atoms with Gasteiger partial charge in [-0.1, -0.05) is 23.7 Å². The Labute approximate surface area is 128 Å². The van der Waals surface area contributed by atoms with Crippen molar-refractivity contribution in [2.75, 3.05) is 0 Å².